The van der Waals surface area contributed by atoms with Crippen molar-refractivity contribution in [3.8, 4) is 11.1 Å². The summed E-state index contributed by atoms with van der Waals surface area (Å²) in [6.07, 6.45) is 2.53. The van der Waals surface area contributed by atoms with Gasteiger partial charge < -0.3 is 15.8 Å². The molecule has 6 rings (SSSR count). The number of imide groups is 1. The number of rotatable bonds is 5. The van der Waals surface area contributed by atoms with Gasteiger partial charge in [-0.2, -0.15) is 0 Å². The molecule has 0 fully saturated rings. The van der Waals surface area contributed by atoms with Gasteiger partial charge in [-0.3, -0.25) is 14.4 Å². The summed E-state index contributed by atoms with van der Waals surface area (Å²) in [4.78, 5) is 44.0. The van der Waals surface area contributed by atoms with Gasteiger partial charge in [0.1, 0.15) is 0 Å². The minimum Gasteiger partial charge on any atom is -0.396 e. The van der Waals surface area contributed by atoms with Crippen LogP contribution in [0.2, 0.25) is 0 Å². The van der Waals surface area contributed by atoms with Crippen molar-refractivity contribution in [3.63, 3.8) is 0 Å². The molecule has 0 saturated heterocycles. The number of aliphatic hydroxyl groups excluding tert-OH is 1. The van der Waals surface area contributed by atoms with Crippen LogP contribution in [0.3, 0.4) is 0 Å². The zero-order chi connectivity index (χ0) is 29.2. The molecule has 4 aromatic rings. The van der Waals surface area contributed by atoms with E-state index in [-0.39, 0.29) is 36.2 Å². The third-order valence-electron chi connectivity index (χ3n) is 8.74. The number of nitrogens with two attached hydrogens (primary N) is 1. The number of fused-ring (bicyclic) bond motifs is 4. The lowest BCUT2D eigenvalue weighted by Crippen LogP contribution is -2.30. The lowest BCUT2D eigenvalue weighted by molar-refractivity contribution is -0.117. The molecular formula is C34H35N3O4. The van der Waals surface area contributed by atoms with Gasteiger partial charge in [-0.1, -0.05) is 51.1 Å². The maximum atomic E-state index is 13.7. The van der Waals surface area contributed by atoms with E-state index in [0.717, 1.165) is 63.7 Å². The van der Waals surface area contributed by atoms with Gasteiger partial charge in [0.15, 0.2) is 0 Å². The number of hydrogen-bond donors (Lipinski definition) is 3. The van der Waals surface area contributed by atoms with Gasteiger partial charge in [-0.15, -0.1) is 0 Å². The van der Waals surface area contributed by atoms with Gasteiger partial charge >= 0.3 is 0 Å². The number of primary amides is 1. The van der Waals surface area contributed by atoms with Gasteiger partial charge in [-0.05, 0) is 89.1 Å². The number of nitrogens with one attached hydrogen (secondary N) is 1. The van der Waals surface area contributed by atoms with Crippen LogP contribution in [0, 0.1) is 12.8 Å². The summed E-state index contributed by atoms with van der Waals surface area (Å²) in [5.74, 6) is -0.844. The Morgan fingerprint density at radius 2 is 1.76 bits per heavy atom. The summed E-state index contributed by atoms with van der Waals surface area (Å²) in [7, 11) is 0. The van der Waals surface area contributed by atoms with E-state index in [2.05, 4.69) is 25.8 Å². The van der Waals surface area contributed by atoms with Crippen LogP contribution in [0.1, 0.15) is 75.9 Å². The maximum absolute atomic E-state index is 13.7. The van der Waals surface area contributed by atoms with Crippen molar-refractivity contribution in [1.29, 1.82) is 0 Å². The largest absolute Gasteiger partial charge is 0.396 e. The van der Waals surface area contributed by atoms with E-state index >= 15 is 0 Å². The number of amides is 3. The summed E-state index contributed by atoms with van der Waals surface area (Å²) in [5.41, 5.74) is 14.5. The van der Waals surface area contributed by atoms with Crippen molar-refractivity contribution in [2.45, 2.75) is 58.8 Å². The van der Waals surface area contributed by atoms with Crippen LogP contribution in [0.4, 0.5) is 5.69 Å². The Kier molecular flexibility index (Phi) is 6.38. The number of hydrogen-bond acceptors (Lipinski definition) is 4. The Morgan fingerprint density at radius 1 is 1.02 bits per heavy atom. The number of carbonyl (C=O) groups excluding carboxylic acids is 3. The molecule has 0 spiro atoms. The predicted molar refractivity (Wildman–Crippen MR) is 160 cm³/mol. The van der Waals surface area contributed by atoms with Crippen molar-refractivity contribution < 1.29 is 19.5 Å². The standard InChI is InChI=1S/C34H35N3O4/c1-18-22(6-5-7-28(18)37-32(40)24-13-10-21(34(2,3)4)16-26(24)33(37)41)23-12-9-20(15-29(35)39)31-30(23)25-11-8-19(17-38)14-27(25)36-31/h5-7,9-10,12-13,16,19,36,38H,8,11,14-15,17H2,1-4H3,(H2,35,39). The lowest BCUT2D eigenvalue weighted by atomic mass is 9.85. The fourth-order valence-electron chi connectivity index (χ4n) is 6.47. The van der Waals surface area contributed by atoms with Crippen LogP contribution in [0.15, 0.2) is 48.5 Å². The summed E-state index contributed by atoms with van der Waals surface area (Å²) in [6.45, 7) is 8.33. The van der Waals surface area contributed by atoms with Crippen LogP contribution < -0.4 is 10.6 Å². The Labute approximate surface area is 239 Å². The van der Waals surface area contributed by atoms with E-state index in [4.69, 9.17) is 5.73 Å². The summed E-state index contributed by atoms with van der Waals surface area (Å²) >= 11 is 0. The topological polar surface area (TPSA) is 116 Å². The summed E-state index contributed by atoms with van der Waals surface area (Å²) in [5, 5.41) is 10.8. The van der Waals surface area contributed by atoms with Crippen molar-refractivity contribution >= 4 is 34.3 Å². The van der Waals surface area contributed by atoms with E-state index in [0.29, 0.717) is 16.8 Å². The zero-order valence-electron chi connectivity index (χ0n) is 23.9. The molecule has 7 nitrogen and oxygen atoms in total. The number of aryl methyl sites for hydroxylation is 1. The van der Waals surface area contributed by atoms with Crippen molar-refractivity contribution in [2.75, 3.05) is 11.5 Å². The highest BCUT2D eigenvalue weighted by atomic mass is 16.3. The minimum atomic E-state index is -0.404. The Balaban J connectivity index is 1.49. The average Bonchev–Trinajstić information content (AvgIpc) is 3.43. The molecule has 1 unspecified atom stereocenters. The molecule has 1 aromatic heterocycles. The molecule has 3 amide bonds. The van der Waals surface area contributed by atoms with Crippen LogP contribution in [0.25, 0.3) is 22.0 Å². The molecule has 1 aliphatic heterocycles. The van der Waals surface area contributed by atoms with Crippen LogP contribution in [0.5, 0.6) is 0 Å². The minimum absolute atomic E-state index is 0.115. The Hall–Kier alpha value is -4.23. The number of carbonyl (C=O) groups is 3. The van der Waals surface area contributed by atoms with E-state index in [1.807, 2.05) is 49.4 Å². The highest BCUT2D eigenvalue weighted by Gasteiger charge is 2.38. The van der Waals surface area contributed by atoms with E-state index < -0.39 is 5.91 Å². The number of aromatic amines is 1. The van der Waals surface area contributed by atoms with Gasteiger partial charge in [0.2, 0.25) is 5.91 Å². The predicted octanol–water partition coefficient (Wildman–Crippen LogP) is 5.37. The zero-order valence-corrected chi connectivity index (χ0v) is 23.9. The monoisotopic (exact) mass is 549 g/mol. The molecule has 1 atom stereocenters. The summed E-state index contributed by atoms with van der Waals surface area (Å²) in [6, 6.07) is 15.2. The second kappa shape index (κ2) is 9.70. The number of benzene rings is 3. The molecule has 41 heavy (non-hydrogen) atoms. The first-order valence-electron chi connectivity index (χ1n) is 14.2. The highest BCUT2D eigenvalue weighted by Crippen LogP contribution is 2.42. The van der Waals surface area contributed by atoms with Crippen LogP contribution in [-0.4, -0.2) is 34.4 Å². The fourth-order valence-corrected chi connectivity index (χ4v) is 6.47. The Morgan fingerprint density at radius 3 is 2.46 bits per heavy atom. The maximum Gasteiger partial charge on any atom is 0.266 e. The molecular weight excluding hydrogens is 514 g/mol. The number of H-pyrrole nitrogens is 1. The molecule has 3 aromatic carbocycles. The summed E-state index contributed by atoms with van der Waals surface area (Å²) < 4.78 is 0. The number of aliphatic hydroxyl groups is 1. The van der Waals surface area contributed by atoms with E-state index in [1.54, 1.807) is 6.07 Å². The van der Waals surface area contributed by atoms with Crippen LogP contribution >= 0.6 is 0 Å². The quantitative estimate of drug-likeness (QED) is 0.290. The number of anilines is 1. The Bertz CT molecular complexity index is 1760. The molecule has 0 bridgehead atoms. The second-order valence-corrected chi connectivity index (χ2v) is 12.4. The van der Waals surface area contributed by atoms with Crippen molar-refractivity contribution in [2.24, 2.45) is 11.7 Å². The number of nitrogens with zero attached hydrogens (tertiary/aromatic N) is 1. The van der Waals surface area contributed by atoms with E-state index in [9.17, 15) is 19.5 Å². The molecule has 2 aliphatic rings. The highest BCUT2D eigenvalue weighted by molar-refractivity contribution is 6.34. The molecule has 0 radical (unpaired) electrons. The fraction of sp³-hybridized carbons (Fsp3) is 0.324. The van der Waals surface area contributed by atoms with Gasteiger partial charge in [0.25, 0.3) is 11.8 Å². The first-order valence-corrected chi connectivity index (χ1v) is 14.2. The third kappa shape index (κ3) is 4.36. The molecule has 0 saturated carbocycles. The average molecular weight is 550 g/mol. The normalized spacial score (nSPS) is 16.8. The first-order chi connectivity index (χ1) is 19.5. The molecule has 210 valence electrons. The van der Waals surface area contributed by atoms with Gasteiger partial charge in [-0.25, -0.2) is 4.90 Å². The third-order valence-corrected chi connectivity index (χ3v) is 8.74. The first kappa shape index (κ1) is 27.0. The van der Waals surface area contributed by atoms with Crippen molar-refractivity contribution in [3.05, 3.63) is 87.6 Å². The molecule has 4 N–H and O–H groups in total. The molecule has 2 heterocycles. The molecule has 1 aliphatic carbocycles. The second-order valence-electron chi connectivity index (χ2n) is 12.4. The molecule has 7 heteroatoms. The number of aromatic nitrogens is 1. The van der Waals surface area contributed by atoms with Crippen LogP contribution in [-0.2, 0) is 29.5 Å². The van der Waals surface area contributed by atoms with E-state index in [1.165, 1.54) is 10.5 Å². The smallest absolute Gasteiger partial charge is 0.266 e. The lowest BCUT2D eigenvalue weighted by Gasteiger charge is -2.22. The van der Waals surface area contributed by atoms with Crippen molar-refractivity contribution in [1.82, 2.24) is 4.98 Å². The SMILES string of the molecule is Cc1c(-c2ccc(CC(N)=O)c3[nH]c4c(c23)CCC(CO)C4)cccc1N1C(=O)c2ccc(C(C)(C)C)cc2C1=O. The van der Waals surface area contributed by atoms with Gasteiger partial charge in [0.05, 0.1) is 28.8 Å². The van der Waals surface area contributed by atoms with Gasteiger partial charge in [0, 0.05) is 17.7 Å².